The molecule has 0 aliphatic heterocycles. The second-order valence-electron chi connectivity index (χ2n) is 4.54. The topological polar surface area (TPSA) is 18.5 Å². The lowest BCUT2D eigenvalue weighted by molar-refractivity contribution is 0.0483. The Hall–Kier alpha value is -0.943. The maximum absolute atomic E-state index is 14.0. The molecule has 0 unspecified atom stereocenters. The average molecular weight is 246 g/mol. The SMILES string of the molecule is COCOc1ccc(F)c([Si](C)(C)C)c1F. The molecule has 0 saturated carbocycles. The molecule has 0 aromatic heterocycles. The van der Waals surface area contributed by atoms with Gasteiger partial charge in [0.1, 0.15) is 5.82 Å². The molecule has 1 aromatic rings. The fourth-order valence-corrected chi connectivity index (χ4v) is 3.04. The zero-order chi connectivity index (χ0) is 12.3. The fourth-order valence-electron chi connectivity index (χ4n) is 1.45. The Morgan fingerprint density at radius 1 is 1.19 bits per heavy atom. The Balaban J connectivity index is 3.17. The molecule has 0 spiro atoms. The molecular weight excluding hydrogens is 230 g/mol. The molecule has 1 rings (SSSR count). The van der Waals surface area contributed by atoms with E-state index in [0.29, 0.717) is 0 Å². The van der Waals surface area contributed by atoms with Gasteiger partial charge in [0.15, 0.2) is 18.4 Å². The van der Waals surface area contributed by atoms with Crippen LogP contribution in [0.2, 0.25) is 19.6 Å². The highest BCUT2D eigenvalue weighted by Crippen LogP contribution is 2.19. The molecule has 16 heavy (non-hydrogen) atoms. The van der Waals surface area contributed by atoms with Crippen molar-refractivity contribution in [2.24, 2.45) is 0 Å². The van der Waals surface area contributed by atoms with Crippen molar-refractivity contribution in [2.45, 2.75) is 19.6 Å². The van der Waals surface area contributed by atoms with Crippen LogP contribution in [0.4, 0.5) is 8.78 Å². The van der Waals surface area contributed by atoms with Gasteiger partial charge in [-0.1, -0.05) is 19.6 Å². The normalized spacial score (nSPS) is 11.6. The molecule has 90 valence electrons. The van der Waals surface area contributed by atoms with Gasteiger partial charge < -0.3 is 9.47 Å². The van der Waals surface area contributed by atoms with Gasteiger partial charge in [-0.05, 0) is 12.1 Å². The van der Waals surface area contributed by atoms with Crippen LogP contribution in [0, 0.1) is 11.6 Å². The summed E-state index contributed by atoms with van der Waals surface area (Å²) in [5.41, 5.74) is 0. The van der Waals surface area contributed by atoms with Crippen LogP contribution in [-0.2, 0) is 4.74 Å². The molecule has 0 heterocycles. The molecule has 0 radical (unpaired) electrons. The minimum atomic E-state index is -2.06. The first-order chi connectivity index (χ1) is 7.38. The largest absolute Gasteiger partial charge is 0.464 e. The highest BCUT2D eigenvalue weighted by molar-refractivity contribution is 6.88. The van der Waals surface area contributed by atoms with Crippen LogP contribution in [0.3, 0.4) is 0 Å². The summed E-state index contributed by atoms with van der Waals surface area (Å²) in [6.45, 7) is 5.60. The van der Waals surface area contributed by atoms with Crippen molar-refractivity contribution in [3.05, 3.63) is 23.8 Å². The molecular formula is C11H16F2O2Si. The van der Waals surface area contributed by atoms with Crippen molar-refractivity contribution < 1.29 is 18.3 Å². The van der Waals surface area contributed by atoms with Gasteiger partial charge in [0.2, 0.25) is 0 Å². The van der Waals surface area contributed by atoms with Crippen molar-refractivity contribution in [2.75, 3.05) is 13.9 Å². The van der Waals surface area contributed by atoms with Crippen LogP contribution in [0.5, 0.6) is 5.75 Å². The number of halogens is 2. The first-order valence-electron chi connectivity index (χ1n) is 4.98. The van der Waals surface area contributed by atoms with Gasteiger partial charge in [0.05, 0.1) is 8.07 Å². The lowest BCUT2D eigenvalue weighted by Gasteiger charge is -2.19. The predicted octanol–water partition coefficient (Wildman–Crippen LogP) is 2.49. The lowest BCUT2D eigenvalue weighted by Crippen LogP contribution is -2.42. The average Bonchev–Trinajstić information content (AvgIpc) is 2.14. The summed E-state index contributed by atoms with van der Waals surface area (Å²) in [5, 5.41) is 0.168. The summed E-state index contributed by atoms with van der Waals surface area (Å²) >= 11 is 0. The first-order valence-corrected chi connectivity index (χ1v) is 8.48. The van der Waals surface area contributed by atoms with Crippen molar-refractivity contribution >= 4 is 13.3 Å². The summed E-state index contributed by atoms with van der Waals surface area (Å²) in [5.74, 6) is -1.06. The minimum Gasteiger partial charge on any atom is -0.464 e. The number of hydrogen-bond donors (Lipinski definition) is 0. The van der Waals surface area contributed by atoms with Crippen molar-refractivity contribution in [3.8, 4) is 5.75 Å². The van der Waals surface area contributed by atoms with E-state index in [1.807, 2.05) is 19.6 Å². The van der Waals surface area contributed by atoms with E-state index in [0.717, 1.165) is 0 Å². The quantitative estimate of drug-likeness (QED) is 0.600. The first kappa shape index (κ1) is 13.1. The van der Waals surface area contributed by atoms with Crippen molar-refractivity contribution in [1.29, 1.82) is 0 Å². The van der Waals surface area contributed by atoms with Crippen LogP contribution in [0.25, 0.3) is 0 Å². The molecule has 1 aromatic carbocycles. The summed E-state index contributed by atoms with van der Waals surface area (Å²) in [6, 6.07) is 2.52. The van der Waals surface area contributed by atoms with Gasteiger partial charge >= 0.3 is 0 Å². The van der Waals surface area contributed by atoms with Gasteiger partial charge in [-0.2, -0.15) is 0 Å². The van der Waals surface area contributed by atoms with E-state index >= 15 is 0 Å². The van der Waals surface area contributed by atoms with E-state index < -0.39 is 19.7 Å². The monoisotopic (exact) mass is 246 g/mol. The van der Waals surface area contributed by atoms with Gasteiger partial charge in [-0.3, -0.25) is 0 Å². The Labute approximate surface area is 95.2 Å². The Morgan fingerprint density at radius 3 is 2.31 bits per heavy atom. The molecule has 0 amide bonds. The highest BCUT2D eigenvalue weighted by Gasteiger charge is 2.27. The number of rotatable bonds is 4. The Morgan fingerprint density at radius 2 is 1.81 bits per heavy atom. The van der Waals surface area contributed by atoms with E-state index in [1.165, 1.54) is 19.2 Å². The van der Waals surface area contributed by atoms with E-state index in [-0.39, 0.29) is 17.7 Å². The second kappa shape index (κ2) is 4.93. The summed E-state index contributed by atoms with van der Waals surface area (Å²) in [4.78, 5) is 0. The van der Waals surface area contributed by atoms with E-state index in [2.05, 4.69) is 4.74 Å². The third-order valence-corrected chi connectivity index (χ3v) is 4.10. The predicted molar refractivity (Wildman–Crippen MR) is 61.8 cm³/mol. The number of benzene rings is 1. The maximum Gasteiger partial charge on any atom is 0.188 e. The van der Waals surface area contributed by atoms with Crippen LogP contribution in [-0.4, -0.2) is 22.0 Å². The molecule has 0 N–H and O–H groups in total. The smallest absolute Gasteiger partial charge is 0.188 e. The molecule has 5 heteroatoms. The van der Waals surface area contributed by atoms with Gasteiger partial charge in [0.25, 0.3) is 0 Å². The number of hydrogen-bond acceptors (Lipinski definition) is 2. The summed E-state index contributed by atoms with van der Waals surface area (Å²) < 4.78 is 37.2. The van der Waals surface area contributed by atoms with Crippen LogP contribution >= 0.6 is 0 Å². The van der Waals surface area contributed by atoms with Crippen LogP contribution < -0.4 is 9.92 Å². The zero-order valence-corrected chi connectivity index (χ0v) is 10.9. The standard InChI is InChI=1S/C11H16F2O2Si/c1-14-7-15-9-6-5-8(12)11(10(9)13)16(2,3)4/h5-6H,7H2,1-4H3. The van der Waals surface area contributed by atoms with E-state index in [4.69, 9.17) is 4.74 Å². The summed E-state index contributed by atoms with van der Waals surface area (Å²) in [7, 11) is -0.619. The fraction of sp³-hybridized carbons (Fsp3) is 0.455. The second-order valence-corrected chi connectivity index (χ2v) is 9.54. The molecule has 0 fully saturated rings. The van der Waals surface area contributed by atoms with Gasteiger partial charge in [0, 0.05) is 12.3 Å². The lowest BCUT2D eigenvalue weighted by atomic mass is 10.3. The van der Waals surface area contributed by atoms with Crippen molar-refractivity contribution in [1.82, 2.24) is 0 Å². The van der Waals surface area contributed by atoms with Crippen LogP contribution in [0.15, 0.2) is 12.1 Å². The van der Waals surface area contributed by atoms with Gasteiger partial charge in [-0.25, -0.2) is 8.78 Å². The van der Waals surface area contributed by atoms with Crippen molar-refractivity contribution in [3.63, 3.8) is 0 Å². The molecule has 0 bridgehead atoms. The van der Waals surface area contributed by atoms with E-state index in [1.54, 1.807) is 0 Å². The number of ether oxygens (including phenoxy) is 2. The third-order valence-electron chi connectivity index (χ3n) is 2.14. The Kier molecular flexibility index (Phi) is 4.04. The number of methoxy groups -OCH3 is 1. The van der Waals surface area contributed by atoms with Crippen LogP contribution in [0.1, 0.15) is 0 Å². The molecule has 0 aliphatic carbocycles. The minimum absolute atomic E-state index is 0.0423. The maximum atomic E-state index is 14.0. The molecule has 0 saturated heterocycles. The molecule has 2 nitrogen and oxygen atoms in total. The molecule has 0 aliphatic rings. The zero-order valence-electron chi connectivity index (χ0n) is 9.93. The molecule has 0 atom stereocenters. The van der Waals surface area contributed by atoms with Gasteiger partial charge in [-0.15, -0.1) is 0 Å². The van der Waals surface area contributed by atoms with E-state index in [9.17, 15) is 8.78 Å². The third kappa shape index (κ3) is 2.80. The summed E-state index contributed by atoms with van der Waals surface area (Å²) in [6.07, 6.45) is 0. The highest BCUT2D eigenvalue weighted by atomic mass is 28.3. The Bertz CT molecular complexity index is 375.